The van der Waals surface area contributed by atoms with E-state index in [9.17, 15) is 13.2 Å². The normalized spacial score (nSPS) is 10.9. The van der Waals surface area contributed by atoms with Crippen LogP contribution in [0.15, 0.2) is 40.8 Å². The molecule has 20 heavy (non-hydrogen) atoms. The molecular weight excluding hydrogens is 300 g/mol. The third-order valence-electron chi connectivity index (χ3n) is 2.24. The number of sulfonamides is 1. The van der Waals surface area contributed by atoms with E-state index in [1.165, 1.54) is 18.2 Å². The molecular formula is C13H17ClN2O3S. The fourth-order valence-electron chi connectivity index (χ4n) is 1.40. The minimum atomic E-state index is -3.60. The van der Waals surface area contributed by atoms with E-state index in [-0.39, 0.29) is 23.9 Å². The molecule has 0 aliphatic carbocycles. The minimum absolute atomic E-state index is 0.0978. The van der Waals surface area contributed by atoms with E-state index >= 15 is 0 Å². The topological polar surface area (TPSA) is 75.3 Å². The van der Waals surface area contributed by atoms with Crippen molar-refractivity contribution < 1.29 is 13.2 Å². The van der Waals surface area contributed by atoms with Gasteiger partial charge in [-0.05, 0) is 32.0 Å². The molecule has 0 saturated heterocycles. The summed E-state index contributed by atoms with van der Waals surface area (Å²) in [7, 11) is -3.60. The van der Waals surface area contributed by atoms with Crippen molar-refractivity contribution in [2.24, 2.45) is 0 Å². The number of hydrogen-bond donors (Lipinski definition) is 2. The average Bonchev–Trinajstić information content (AvgIpc) is 2.34. The summed E-state index contributed by atoms with van der Waals surface area (Å²) >= 11 is 5.75. The maximum atomic E-state index is 11.9. The summed E-state index contributed by atoms with van der Waals surface area (Å²) in [5.41, 5.74) is 0.877. The van der Waals surface area contributed by atoms with Gasteiger partial charge in [-0.2, -0.15) is 0 Å². The molecule has 0 atom stereocenters. The van der Waals surface area contributed by atoms with E-state index in [0.717, 1.165) is 5.57 Å². The second-order valence-electron chi connectivity index (χ2n) is 4.37. The van der Waals surface area contributed by atoms with Gasteiger partial charge in [0.1, 0.15) is 0 Å². The lowest BCUT2D eigenvalue weighted by atomic mass is 10.3. The summed E-state index contributed by atoms with van der Waals surface area (Å²) in [6.07, 6.45) is 1.45. The Bertz CT molecular complexity index is 608. The van der Waals surface area contributed by atoms with Gasteiger partial charge in [0.25, 0.3) is 0 Å². The van der Waals surface area contributed by atoms with Crippen LogP contribution in [0.2, 0.25) is 5.02 Å². The zero-order chi connectivity index (χ0) is 15.2. The zero-order valence-electron chi connectivity index (χ0n) is 11.3. The smallest absolute Gasteiger partial charge is 0.243 e. The van der Waals surface area contributed by atoms with Gasteiger partial charge in [-0.15, -0.1) is 0 Å². The third kappa shape index (κ3) is 5.73. The molecule has 0 radical (unpaired) electrons. The van der Waals surface area contributed by atoms with Gasteiger partial charge in [-0.25, -0.2) is 13.1 Å². The van der Waals surface area contributed by atoms with E-state index in [1.807, 2.05) is 0 Å². The number of benzene rings is 1. The number of nitrogens with one attached hydrogen (secondary N) is 2. The van der Waals surface area contributed by atoms with Gasteiger partial charge in [0, 0.05) is 24.2 Å². The van der Waals surface area contributed by atoms with Crippen molar-refractivity contribution in [2.75, 3.05) is 13.1 Å². The first-order valence-corrected chi connectivity index (χ1v) is 7.85. The van der Waals surface area contributed by atoms with Crippen molar-refractivity contribution in [3.63, 3.8) is 0 Å². The van der Waals surface area contributed by atoms with Crippen LogP contribution in [0.1, 0.15) is 13.8 Å². The van der Waals surface area contributed by atoms with Crippen LogP contribution in [-0.4, -0.2) is 27.4 Å². The molecule has 0 aliphatic rings. The summed E-state index contributed by atoms with van der Waals surface area (Å²) in [5, 5.41) is 2.93. The molecule has 0 bridgehead atoms. The summed E-state index contributed by atoms with van der Waals surface area (Å²) < 4.78 is 26.2. The Labute approximate surface area is 124 Å². The fraction of sp³-hybridized carbons (Fsp3) is 0.308. The summed E-state index contributed by atoms with van der Waals surface area (Å²) in [5.74, 6) is -0.244. The van der Waals surface area contributed by atoms with Gasteiger partial charge in [0.05, 0.1) is 4.90 Å². The molecule has 0 fully saturated rings. The van der Waals surface area contributed by atoms with Crippen LogP contribution in [-0.2, 0) is 14.8 Å². The van der Waals surface area contributed by atoms with Crippen molar-refractivity contribution >= 4 is 27.5 Å². The Balaban J connectivity index is 2.49. The number of halogens is 1. The third-order valence-corrected chi connectivity index (χ3v) is 3.94. The zero-order valence-corrected chi connectivity index (χ0v) is 12.9. The number of carbonyl (C=O) groups excluding carboxylic acids is 1. The lowest BCUT2D eigenvalue weighted by molar-refractivity contribution is -0.116. The molecule has 0 saturated carbocycles. The van der Waals surface area contributed by atoms with Gasteiger partial charge in [-0.3, -0.25) is 4.79 Å². The predicted molar refractivity (Wildman–Crippen MR) is 79.1 cm³/mol. The lowest BCUT2D eigenvalue weighted by Gasteiger charge is -2.07. The van der Waals surface area contributed by atoms with E-state index in [1.54, 1.807) is 26.0 Å². The molecule has 1 rings (SSSR count). The maximum absolute atomic E-state index is 11.9. The van der Waals surface area contributed by atoms with Gasteiger partial charge in [0.15, 0.2) is 0 Å². The van der Waals surface area contributed by atoms with E-state index in [4.69, 9.17) is 11.6 Å². The standard InChI is InChI=1S/C13H17ClN2O3S/c1-10(2)8-13(17)15-6-7-16-20(18,19)12-5-3-4-11(14)9-12/h3-5,8-9,16H,6-7H2,1-2H3,(H,15,17). The molecule has 2 N–H and O–H groups in total. The first-order valence-electron chi connectivity index (χ1n) is 5.99. The van der Waals surface area contributed by atoms with Gasteiger partial charge in [0.2, 0.25) is 15.9 Å². The Morgan fingerprint density at radius 1 is 1.30 bits per heavy atom. The average molecular weight is 317 g/mol. The molecule has 5 nitrogen and oxygen atoms in total. The molecule has 0 unspecified atom stereocenters. The summed E-state index contributed by atoms with van der Waals surface area (Å²) in [4.78, 5) is 11.4. The van der Waals surface area contributed by atoms with Gasteiger partial charge >= 0.3 is 0 Å². The Morgan fingerprint density at radius 3 is 2.60 bits per heavy atom. The van der Waals surface area contributed by atoms with Crippen molar-refractivity contribution in [2.45, 2.75) is 18.7 Å². The van der Waals surface area contributed by atoms with Crippen LogP contribution < -0.4 is 10.0 Å². The Morgan fingerprint density at radius 2 is 2.00 bits per heavy atom. The van der Waals surface area contributed by atoms with Crippen LogP contribution >= 0.6 is 11.6 Å². The molecule has 7 heteroatoms. The maximum Gasteiger partial charge on any atom is 0.243 e. The van der Waals surface area contributed by atoms with Crippen molar-refractivity contribution in [3.05, 3.63) is 40.9 Å². The second-order valence-corrected chi connectivity index (χ2v) is 6.57. The van der Waals surface area contributed by atoms with E-state index < -0.39 is 10.0 Å². The molecule has 0 heterocycles. The molecule has 0 spiro atoms. The Hall–Kier alpha value is -1.37. The molecule has 1 aromatic rings. The van der Waals surface area contributed by atoms with Crippen molar-refractivity contribution in [1.29, 1.82) is 0 Å². The monoisotopic (exact) mass is 316 g/mol. The number of allylic oxidation sites excluding steroid dienone is 1. The number of rotatable bonds is 6. The minimum Gasteiger partial charge on any atom is -0.351 e. The quantitative estimate of drug-likeness (QED) is 0.619. The molecule has 0 aliphatic heterocycles. The number of carbonyl (C=O) groups is 1. The molecule has 1 aromatic carbocycles. The van der Waals surface area contributed by atoms with Gasteiger partial charge < -0.3 is 5.32 Å². The predicted octanol–water partition coefficient (Wildman–Crippen LogP) is 1.70. The highest BCUT2D eigenvalue weighted by molar-refractivity contribution is 7.89. The lowest BCUT2D eigenvalue weighted by Crippen LogP contribution is -2.34. The van der Waals surface area contributed by atoms with Crippen LogP contribution in [0.4, 0.5) is 0 Å². The Kier molecular flexibility index (Phi) is 6.19. The van der Waals surface area contributed by atoms with Crippen LogP contribution in [0.25, 0.3) is 0 Å². The highest BCUT2D eigenvalue weighted by Gasteiger charge is 2.13. The number of hydrogen-bond acceptors (Lipinski definition) is 3. The van der Waals surface area contributed by atoms with Crippen LogP contribution in [0, 0.1) is 0 Å². The highest BCUT2D eigenvalue weighted by Crippen LogP contribution is 2.14. The van der Waals surface area contributed by atoms with E-state index in [2.05, 4.69) is 10.0 Å². The molecule has 0 aromatic heterocycles. The van der Waals surface area contributed by atoms with Crippen LogP contribution in [0.3, 0.4) is 0 Å². The number of amides is 1. The molecule has 110 valence electrons. The SMILES string of the molecule is CC(C)=CC(=O)NCCNS(=O)(=O)c1cccc(Cl)c1. The van der Waals surface area contributed by atoms with Crippen molar-refractivity contribution in [3.8, 4) is 0 Å². The highest BCUT2D eigenvalue weighted by atomic mass is 35.5. The van der Waals surface area contributed by atoms with E-state index in [0.29, 0.717) is 5.02 Å². The van der Waals surface area contributed by atoms with Gasteiger partial charge in [-0.1, -0.05) is 23.2 Å². The van der Waals surface area contributed by atoms with Crippen LogP contribution in [0.5, 0.6) is 0 Å². The summed E-state index contributed by atoms with van der Waals surface area (Å²) in [6, 6.07) is 5.98. The largest absolute Gasteiger partial charge is 0.351 e. The first-order chi connectivity index (χ1) is 9.31. The first kappa shape index (κ1) is 16.7. The fourth-order valence-corrected chi connectivity index (χ4v) is 2.73. The summed E-state index contributed by atoms with van der Waals surface area (Å²) in [6.45, 7) is 3.93. The van der Waals surface area contributed by atoms with Crippen molar-refractivity contribution in [1.82, 2.24) is 10.0 Å². The second kappa shape index (κ2) is 7.42. The molecule has 1 amide bonds.